The Kier molecular flexibility index (Phi) is 14.3. The number of hydrogen-bond donors (Lipinski definition) is 1. The smallest absolute Gasteiger partial charge is 0.287 e. The first kappa shape index (κ1) is 36.5. The normalized spacial score (nSPS) is 14.1. The number of allylic oxidation sites excluding steroid dienone is 1. The maximum absolute atomic E-state index is 12.7. The number of benzene rings is 3. The summed E-state index contributed by atoms with van der Waals surface area (Å²) in [6.07, 6.45) is 10.0. The second-order valence-corrected chi connectivity index (χ2v) is 12.7. The van der Waals surface area contributed by atoms with Gasteiger partial charge in [0.25, 0.3) is 5.91 Å². The number of halogens is 1. The van der Waals surface area contributed by atoms with E-state index >= 15 is 0 Å². The molecule has 0 unspecified atom stereocenters. The Hall–Kier alpha value is -4.36. The van der Waals surface area contributed by atoms with Crippen LogP contribution in [-0.4, -0.2) is 36.9 Å². The van der Waals surface area contributed by atoms with Gasteiger partial charge in [-0.05, 0) is 92.8 Å². The van der Waals surface area contributed by atoms with Gasteiger partial charge in [-0.3, -0.25) is 14.4 Å². The maximum atomic E-state index is 12.7. The first-order chi connectivity index (χ1) is 23.3. The summed E-state index contributed by atoms with van der Waals surface area (Å²) in [6, 6.07) is 22.5. The lowest BCUT2D eigenvalue weighted by Crippen LogP contribution is -2.25. The van der Waals surface area contributed by atoms with Crippen LogP contribution in [0.1, 0.15) is 92.0 Å². The van der Waals surface area contributed by atoms with Gasteiger partial charge in [-0.2, -0.15) is 0 Å². The van der Waals surface area contributed by atoms with Crippen molar-refractivity contribution in [2.75, 3.05) is 19.7 Å². The second kappa shape index (κ2) is 18.8. The number of nitrogens with one attached hydrogen (secondary N) is 1. The number of ether oxygens (including phenoxy) is 1. The van der Waals surface area contributed by atoms with E-state index in [1.807, 2.05) is 43.0 Å². The van der Waals surface area contributed by atoms with Crippen LogP contribution in [0, 0.1) is 6.92 Å². The fourth-order valence-corrected chi connectivity index (χ4v) is 5.92. The number of rotatable bonds is 13. The molecular formula is C40H47ClN2O5. The van der Waals surface area contributed by atoms with Crippen LogP contribution < -0.4 is 15.5 Å². The Balaban J connectivity index is 0.000000569. The summed E-state index contributed by atoms with van der Waals surface area (Å²) in [5.41, 5.74) is 5.23. The topological polar surface area (TPSA) is 88.9 Å². The van der Waals surface area contributed by atoms with Gasteiger partial charge in [-0.15, -0.1) is 0 Å². The minimum Gasteiger partial charge on any atom is -0.494 e. The molecule has 1 aliphatic rings. The molecule has 0 saturated heterocycles. The van der Waals surface area contributed by atoms with Gasteiger partial charge in [0.1, 0.15) is 11.3 Å². The molecule has 7 nitrogen and oxygen atoms in total. The number of unbranched alkanes of at least 4 members (excludes halogenated alkanes) is 1. The highest BCUT2D eigenvalue weighted by Gasteiger charge is 2.21. The van der Waals surface area contributed by atoms with E-state index in [-0.39, 0.29) is 11.2 Å². The number of aryl methyl sites for hydroxylation is 1. The van der Waals surface area contributed by atoms with Crippen molar-refractivity contribution >= 4 is 34.9 Å². The van der Waals surface area contributed by atoms with Crippen molar-refractivity contribution in [3.63, 3.8) is 0 Å². The zero-order chi connectivity index (χ0) is 34.3. The number of carbonyl (C=O) groups is 2. The maximum Gasteiger partial charge on any atom is 0.287 e. The number of carbonyl (C=O) groups excluding carboxylic acids is 2. The van der Waals surface area contributed by atoms with Gasteiger partial charge in [0.05, 0.1) is 12.0 Å². The van der Waals surface area contributed by atoms with Gasteiger partial charge in [0.15, 0.2) is 11.2 Å². The van der Waals surface area contributed by atoms with Crippen molar-refractivity contribution in [2.45, 2.75) is 78.2 Å². The summed E-state index contributed by atoms with van der Waals surface area (Å²) >= 11 is 5.61. The van der Waals surface area contributed by atoms with E-state index in [2.05, 4.69) is 42.6 Å². The lowest BCUT2D eigenvalue weighted by atomic mass is 9.80. The lowest BCUT2D eigenvalue weighted by Gasteiger charge is -2.28. The van der Waals surface area contributed by atoms with Gasteiger partial charge >= 0.3 is 0 Å². The third-order valence-corrected chi connectivity index (χ3v) is 8.76. The number of fused-ring (bicyclic) bond motifs is 1. The van der Waals surface area contributed by atoms with E-state index in [0.29, 0.717) is 42.3 Å². The standard InChI is InChI=1S/C33H40N2O5.C7H7Cl/c1-3-5-18-35(23-36)22-26-8-6-7-9-28(26)25-12-10-24(11-13-25)16-17-34-33(38)32-21-30(37)29-20-27(39-19-4-2)14-15-31(29)40-32;1-6-2-4-7(8)5-3-6/h6-9,14-16,20-21,23,25H,3-5,10-13,17-19,22H2,1-2H3,(H,34,38);2-5H,1H3. The van der Waals surface area contributed by atoms with E-state index in [1.165, 1.54) is 28.3 Å². The third-order valence-electron chi connectivity index (χ3n) is 8.50. The Morgan fingerprint density at radius 3 is 2.46 bits per heavy atom. The highest BCUT2D eigenvalue weighted by atomic mass is 35.5. The van der Waals surface area contributed by atoms with Crippen LogP contribution in [0.25, 0.3) is 11.0 Å². The molecule has 0 atom stereocenters. The molecule has 2 amide bonds. The second-order valence-electron chi connectivity index (χ2n) is 12.3. The van der Waals surface area contributed by atoms with Crippen LogP contribution in [0.5, 0.6) is 5.75 Å². The highest BCUT2D eigenvalue weighted by molar-refractivity contribution is 6.30. The van der Waals surface area contributed by atoms with Crippen LogP contribution in [0.3, 0.4) is 0 Å². The summed E-state index contributed by atoms with van der Waals surface area (Å²) in [4.78, 5) is 38.8. The van der Waals surface area contributed by atoms with Crippen molar-refractivity contribution in [2.24, 2.45) is 0 Å². The van der Waals surface area contributed by atoms with Gasteiger partial charge in [0.2, 0.25) is 6.41 Å². The molecule has 0 radical (unpaired) electrons. The van der Waals surface area contributed by atoms with Crippen LogP contribution in [0.2, 0.25) is 5.02 Å². The number of hydrogen-bond acceptors (Lipinski definition) is 5. The fraction of sp³-hybridized carbons (Fsp3) is 0.375. The molecule has 0 aliphatic heterocycles. The summed E-state index contributed by atoms with van der Waals surface area (Å²) in [5.74, 6) is 0.662. The third kappa shape index (κ3) is 10.8. The zero-order valence-electron chi connectivity index (χ0n) is 28.3. The molecule has 1 aliphatic carbocycles. The Bertz CT molecular complexity index is 1700. The number of nitrogens with zero attached hydrogens (tertiary/aromatic N) is 1. The SMILES string of the molecule is CCCCN(C=O)Cc1ccccc1C1CCC(=CCNC(=O)c2cc(=O)c3cc(OCCC)ccc3o2)CC1.Cc1ccc(Cl)cc1. The lowest BCUT2D eigenvalue weighted by molar-refractivity contribution is -0.118. The molecule has 3 aromatic carbocycles. The summed E-state index contributed by atoms with van der Waals surface area (Å²) in [6.45, 7) is 8.58. The first-order valence-electron chi connectivity index (χ1n) is 17.0. The predicted octanol–water partition coefficient (Wildman–Crippen LogP) is 9.00. The van der Waals surface area contributed by atoms with Gasteiger partial charge in [-0.25, -0.2) is 0 Å². The Morgan fingerprint density at radius 2 is 1.77 bits per heavy atom. The largest absolute Gasteiger partial charge is 0.494 e. The average Bonchev–Trinajstić information content (AvgIpc) is 3.11. The highest BCUT2D eigenvalue weighted by Crippen LogP contribution is 2.37. The first-order valence-corrected chi connectivity index (χ1v) is 17.3. The van der Waals surface area contributed by atoms with Crippen LogP contribution in [-0.2, 0) is 11.3 Å². The van der Waals surface area contributed by atoms with E-state index in [4.69, 9.17) is 20.8 Å². The average molecular weight is 671 g/mol. The summed E-state index contributed by atoms with van der Waals surface area (Å²) < 4.78 is 11.3. The molecule has 1 saturated carbocycles. The summed E-state index contributed by atoms with van der Waals surface area (Å²) in [5, 5.41) is 4.06. The predicted molar refractivity (Wildman–Crippen MR) is 194 cm³/mol. The van der Waals surface area contributed by atoms with Crippen molar-refractivity contribution in [3.8, 4) is 5.75 Å². The minimum atomic E-state index is -0.410. The van der Waals surface area contributed by atoms with Crippen LogP contribution in [0.4, 0.5) is 0 Å². The quantitative estimate of drug-likeness (QED) is 0.113. The van der Waals surface area contributed by atoms with Crippen LogP contribution in [0.15, 0.2) is 93.7 Å². The molecule has 1 fully saturated rings. The number of amides is 2. The van der Waals surface area contributed by atoms with Crippen molar-refractivity contribution < 1.29 is 18.7 Å². The molecule has 254 valence electrons. The van der Waals surface area contributed by atoms with Gasteiger partial charge in [-0.1, -0.05) is 85.5 Å². The molecule has 4 aromatic rings. The minimum absolute atomic E-state index is 0.00162. The molecule has 1 aromatic heterocycles. The van der Waals surface area contributed by atoms with E-state index < -0.39 is 5.91 Å². The van der Waals surface area contributed by atoms with Crippen molar-refractivity contribution in [1.29, 1.82) is 0 Å². The molecule has 48 heavy (non-hydrogen) atoms. The Labute approximate surface area is 288 Å². The van der Waals surface area contributed by atoms with Gasteiger partial charge in [0, 0.05) is 30.7 Å². The van der Waals surface area contributed by atoms with Crippen LogP contribution >= 0.6 is 11.6 Å². The van der Waals surface area contributed by atoms with Crippen molar-refractivity contribution in [3.05, 3.63) is 122 Å². The zero-order valence-corrected chi connectivity index (χ0v) is 29.1. The molecule has 8 heteroatoms. The molecule has 5 rings (SSSR count). The molecule has 1 heterocycles. The van der Waals surface area contributed by atoms with E-state index in [1.54, 1.807) is 18.2 Å². The molecule has 0 spiro atoms. The fourth-order valence-electron chi connectivity index (χ4n) is 5.79. The summed E-state index contributed by atoms with van der Waals surface area (Å²) in [7, 11) is 0. The molecular weight excluding hydrogens is 624 g/mol. The molecule has 1 N–H and O–H groups in total. The molecule has 0 bridgehead atoms. The Morgan fingerprint density at radius 1 is 1.02 bits per heavy atom. The van der Waals surface area contributed by atoms with E-state index in [9.17, 15) is 14.4 Å². The van der Waals surface area contributed by atoms with Crippen molar-refractivity contribution in [1.82, 2.24) is 10.2 Å². The van der Waals surface area contributed by atoms with E-state index in [0.717, 1.165) is 62.9 Å². The van der Waals surface area contributed by atoms with Gasteiger partial charge < -0.3 is 19.4 Å². The monoisotopic (exact) mass is 670 g/mol.